The molecule has 3 rings (SSSR count). The van der Waals surface area contributed by atoms with Crippen LogP contribution >= 0.6 is 0 Å². The van der Waals surface area contributed by atoms with E-state index in [1.165, 1.54) is 0 Å². The molecule has 7 nitrogen and oxygen atoms in total. The number of rotatable bonds is 10. The number of benzene rings is 1. The second kappa shape index (κ2) is 9.93. The molecule has 0 spiro atoms. The molecule has 0 fully saturated rings. The second-order valence-corrected chi connectivity index (χ2v) is 6.58. The van der Waals surface area contributed by atoms with E-state index in [4.69, 9.17) is 18.7 Å². The topological polar surface area (TPSA) is 78.6 Å². The number of ether oxygens (including phenoxy) is 3. The van der Waals surface area contributed by atoms with E-state index in [0.29, 0.717) is 43.7 Å². The molecule has 2 aromatic heterocycles. The van der Waals surface area contributed by atoms with Gasteiger partial charge in [0.1, 0.15) is 12.4 Å². The number of nitrogens with zero attached hydrogens (tertiary/aromatic N) is 2. The zero-order valence-corrected chi connectivity index (χ0v) is 17.3. The van der Waals surface area contributed by atoms with Crippen molar-refractivity contribution >= 4 is 0 Å². The van der Waals surface area contributed by atoms with Crippen LogP contribution in [0.15, 0.2) is 41.1 Å². The fourth-order valence-electron chi connectivity index (χ4n) is 2.97. The molecule has 0 aliphatic heterocycles. The first-order chi connectivity index (χ1) is 14.1. The van der Waals surface area contributed by atoms with E-state index < -0.39 is 0 Å². The van der Waals surface area contributed by atoms with Gasteiger partial charge in [-0.3, -0.25) is 0 Å². The summed E-state index contributed by atoms with van der Waals surface area (Å²) in [7, 11) is 1.64. The molecule has 0 saturated heterocycles. The number of aryl methyl sites for hydroxylation is 2. The first-order valence-electron chi connectivity index (χ1n) is 9.61. The maximum Gasteiger partial charge on any atom is 0.217 e. The number of hydrogen-bond donors (Lipinski definition) is 1. The number of methoxy groups -OCH3 is 1. The minimum absolute atomic E-state index is 0.385. The molecule has 29 heavy (non-hydrogen) atoms. The van der Waals surface area contributed by atoms with Crippen molar-refractivity contribution in [2.75, 3.05) is 13.7 Å². The summed E-state index contributed by atoms with van der Waals surface area (Å²) in [4.78, 5) is 4.28. The van der Waals surface area contributed by atoms with Gasteiger partial charge in [0.25, 0.3) is 0 Å². The molecule has 0 bridgehead atoms. The molecule has 0 amide bonds. The van der Waals surface area contributed by atoms with Crippen molar-refractivity contribution < 1.29 is 18.7 Å². The van der Waals surface area contributed by atoms with Crippen LogP contribution in [0.4, 0.5) is 0 Å². The minimum atomic E-state index is 0.385. The fraction of sp³-hybridized carbons (Fsp3) is 0.364. The highest BCUT2D eigenvalue weighted by Gasteiger charge is 2.12. The van der Waals surface area contributed by atoms with Gasteiger partial charge in [-0.15, -0.1) is 0 Å². The quantitative estimate of drug-likeness (QED) is 0.555. The lowest BCUT2D eigenvalue weighted by Gasteiger charge is -2.13. The lowest BCUT2D eigenvalue weighted by Crippen LogP contribution is -2.14. The van der Waals surface area contributed by atoms with E-state index in [-0.39, 0.29) is 0 Å². The molecule has 1 N–H and O–H groups in total. The number of nitrogens with one attached hydrogen (secondary N) is 1. The van der Waals surface area contributed by atoms with E-state index in [0.717, 1.165) is 28.1 Å². The predicted octanol–water partition coefficient (Wildman–Crippen LogP) is 3.96. The highest BCUT2D eigenvalue weighted by atomic mass is 16.5. The summed E-state index contributed by atoms with van der Waals surface area (Å²) in [5.74, 6) is 2.81. The van der Waals surface area contributed by atoms with E-state index in [9.17, 15) is 0 Å². The fourth-order valence-corrected chi connectivity index (χ4v) is 2.97. The van der Waals surface area contributed by atoms with Crippen molar-refractivity contribution in [1.82, 2.24) is 15.5 Å². The van der Waals surface area contributed by atoms with Crippen LogP contribution in [-0.4, -0.2) is 23.9 Å². The third-order valence-electron chi connectivity index (χ3n) is 4.56. The van der Waals surface area contributed by atoms with Crippen LogP contribution in [0.1, 0.15) is 35.1 Å². The average molecular weight is 397 g/mol. The van der Waals surface area contributed by atoms with Crippen LogP contribution < -0.4 is 19.5 Å². The normalized spacial score (nSPS) is 10.8. The predicted molar refractivity (Wildman–Crippen MR) is 109 cm³/mol. The Labute approximate surface area is 171 Å². The van der Waals surface area contributed by atoms with Gasteiger partial charge < -0.3 is 24.1 Å². The van der Waals surface area contributed by atoms with Crippen LogP contribution in [0.25, 0.3) is 0 Å². The summed E-state index contributed by atoms with van der Waals surface area (Å²) in [6, 6.07) is 9.84. The standard InChI is InChI=1S/C22H27N3O4/c1-5-27-22-18(7-6-10-24-22)13-23-12-17-8-9-20(21(11-17)26-4)28-14-19-15(2)25-29-16(19)3/h6-11,23H,5,12-14H2,1-4H3. The van der Waals surface area contributed by atoms with Gasteiger partial charge in [0.2, 0.25) is 5.88 Å². The lowest BCUT2D eigenvalue weighted by atomic mass is 10.2. The summed E-state index contributed by atoms with van der Waals surface area (Å²) in [5, 5.41) is 7.37. The minimum Gasteiger partial charge on any atom is -0.493 e. The van der Waals surface area contributed by atoms with Gasteiger partial charge >= 0.3 is 0 Å². The number of pyridine rings is 1. The van der Waals surface area contributed by atoms with E-state index in [1.807, 2.05) is 51.1 Å². The molecule has 1 aromatic carbocycles. The highest BCUT2D eigenvalue weighted by Crippen LogP contribution is 2.29. The Morgan fingerprint density at radius 1 is 1.07 bits per heavy atom. The zero-order valence-electron chi connectivity index (χ0n) is 17.3. The first-order valence-corrected chi connectivity index (χ1v) is 9.61. The monoisotopic (exact) mass is 397 g/mol. The smallest absolute Gasteiger partial charge is 0.217 e. The van der Waals surface area contributed by atoms with E-state index in [1.54, 1.807) is 13.3 Å². The zero-order chi connectivity index (χ0) is 20.6. The lowest BCUT2D eigenvalue weighted by molar-refractivity contribution is 0.281. The van der Waals surface area contributed by atoms with Crippen LogP contribution in [-0.2, 0) is 19.7 Å². The Bertz CT molecular complexity index is 920. The van der Waals surface area contributed by atoms with Crippen molar-refractivity contribution in [3.05, 3.63) is 64.7 Å². The van der Waals surface area contributed by atoms with Crippen LogP contribution in [0, 0.1) is 13.8 Å². The molecule has 3 aromatic rings. The first kappa shape index (κ1) is 20.7. The molecule has 0 saturated carbocycles. The van der Waals surface area contributed by atoms with Gasteiger partial charge in [-0.2, -0.15) is 0 Å². The summed E-state index contributed by atoms with van der Waals surface area (Å²) < 4.78 is 22.2. The molecule has 0 aliphatic carbocycles. The molecule has 0 atom stereocenters. The summed E-state index contributed by atoms with van der Waals surface area (Å²) in [5.41, 5.74) is 3.91. The molecular weight excluding hydrogens is 370 g/mol. The van der Waals surface area contributed by atoms with Gasteiger partial charge in [-0.25, -0.2) is 4.98 Å². The van der Waals surface area contributed by atoms with E-state index >= 15 is 0 Å². The Morgan fingerprint density at radius 2 is 1.93 bits per heavy atom. The van der Waals surface area contributed by atoms with Gasteiger partial charge in [0, 0.05) is 24.8 Å². The van der Waals surface area contributed by atoms with Gasteiger partial charge in [0.05, 0.1) is 25.0 Å². The van der Waals surface area contributed by atoms with Gasteiger partial charge in [-0.1, -0.05) is 17.3 Å². The molecule has 7 heteroatoms. The van der Waals surface area contributed by atoms with Gasteiger partial charge in [-0.05, 0) is 44.5 Å². The Balaban J connectivity index is 1.60. The van der Waals surface area contributed by atoms with Crippen molar-refractivity contribution in [3.63, 3.8) is 0 Å². The van der Waals surface area contributed by atoms with E-state index in [2.05, 4.69) is 15.5 Å². The van der Waals surface area contributed by atoms with Crippen molar-refractivity contribution in [1.29, 1.82) is 0 Å². The molecule has 2 heterocycles. The molecule has 154 valence electrons. The summed E-state index contributed by atoms with van der Waals surface area (Å²) in [6.07, 6.45) is 1.74. The molecule has 0 unspecified atom stereocenters. The highest BCUT2D eigenvalue weighted by molar-refractivity contribution is 5.43. The number of hydrogen-bond acceptors (Lipinski definition) is 7. The van der Waals surface area contributed by atoms with Gasteiger partial charge in [0.15, 0.2) is 11.5 Å². The third kappa shape index (κ3) is 5.26. The number of aromatic nitrogens is 2. The van der Waals surface area contributed by atoms with Crippen LogP contribution in [0.2, 0.25) is 0 Å². The Morgan fingerprint density at radius 3 is 2.66 bits per heavy atom. The molecule has 0 aliphatic rings. The third-order valence-corrected chi connectivity index (χ3v) is 4.56. The molecular formula is C22H27N3O4. The maximum absolute atomic E-state index is 5.94. The Hall–Kier alpha value is -3.06. The summed E-state index contributed by atoms with van der Waals surface area (Å²) >= 11 is 0. The average Bonchev–Trinajstić information content (AvgIpc) is 3.06. The van der Waals surface area contributed by atoms with Crippen LogP contribution in [0.5, 0.6) is 17.4 Å². The molecule has 0 radical (unpaired) electrons. The largest absolute Gasteiger partial charge is 0.493 e. The van der Waals surface area contributed by atoms with Crippen molar-refractivity contribution in [2.45, 2.75) is 40.5 Å². The SMILES string of the molecule is CCOc1ncccc1CNCc1ccc(OCc2c(C)noc2C)c(OC)c1. The van der Waals surface area contributed by atoms with Crippen LogP contribution in [0.3, 0.4) is 0 Å². The summed E-state index contributed by atoms with van der Waals surface area (Å²) in [6.45, 7) is 8.06. The maximum atomic E-state index is 5.94. The Kier molecular flexibility index (Phi) is 7.08. The van der Waals surface area contributed by atoms with Crippen molar-refractivity contribution in [3.8, 4) is 17.4 Å². The second-order valence-electron chi connectivity index (χ2n) is 6.58. The van der Waals surface area contributed by atoms with Crippen molar-refractivity contribution in [2.24, 2.45) is 0 Å².